The fourth-order valence-electron chi connectivity index (χ4n) is 1.27. The van der Waals surface area contributed by atoms with Crippen LogP contribution >= 0.6 is 11.9 Å². The summed E-state index contributed by atoms with van der Waals surface area (Å²) in [5.74, 6) is 0.501. The molecule has 1 heterocycles. The van der Waals surface area contributed by atoms with E-state index < -0.39 is 0 Å². The maximum absolute atomic E-state index is 10.6. The maximum Gasteiger partial charge on any atom is 0.217 e. The molecule has 1 aliphatic rings. The molecule has 0 saturated carbocycles. The van der Waals surface area contributed by atoms with Crippen molar-refractivity contribution >= 4 is 29.4 Å². The number of aliphatic imine (C=N–C) groups is 1. The van der Waals surface area contributed by atoms with Gasteiger partial charge in [-0.05, 0) is 24.1 Å². The number of carbonyl (C=O) groups excluding carboxylic acids is 1. The number of rotatable bonds is 3. The quantitative estimate of drug-likeness (QED) is 0.762. The van der Waals surface area contributed by atoms with Crippen LogP contribution in [0.5, 0.6) is 0 Å². The SMILES string of the molecule is NC(=O)CCC1=Nc2ccccc2SN1. The summed E-state index contributed by atoms with van der Waals surface area (Å²) in [4.78, 5) is 16.1. The molecule has 15 heavy (non-hydrogen) atoms. The highest BCUT2D eigenvalue weighted by atomic mass is 32.2. The third kappa shape index (κ3) is 2.50. The summed E-state index contributed by atoms with van der Waals surface area (Å²) in [5.41, 5.74) is 6.02. The van der Waals surface area contributed by atoms with Gasteiger partial charge in [-0.2, -0.15) is 0 Å². The number of hydrogen-bond acceptors (Lipinski definition) is 4. The average molecular weight is 221 g/mol. The number of fused-ring (bicyclic) bond motifs is 1. The normalized spacial score (nSPS) is 13.7. The van der Waals surface area contributed by atoms with Gasteiger partial charge < -0.3 is 10.5 Å². The van der Waals surface area contributed by atoms with Gasteiger partial charge in [0, 0.05) is 12.8 Å². The molecule has 1 amide bonds. The molecule has 1 aromatic carbocycles. The fourth-order valence-corrected chi connectivity index (χ4v) is 2.01. The Morgan fingerprint density at radius 3 is 3.07 bits per heavy atom. The van der Waals surface area contributed by atoms with Gasteiger partial charge in [0.25, 0.3) is 0 Å². The van der Waals surface area contributed by atoms with Crippen molar-refractivity contribution in [1.82, 2.24) is 4.72 Å². The molecule has 0 saturated heterocycles. The molecule has 78 valence electrons. The molecule has 0 radical (unpaired) electrons. The Kier molecular flexibility index (Phi) is 2.91. The Hall–Kier alpha value is -1.49. The first-order chi connectivity index (χ1) is 7.25. The first-order valence-corrected chi connectivity index (χ1v) is 5.45. The fraction of sp³-hybridized carbons (Fsp3) is 0.200. The summed E-state index contributed by atoms with van der Waals surface area (Å²) in [6, 6.07) is 7.87. The molecule has 0 fully saturated rings. The summed E-state index contributed by atoms with van der Waals surface area (Å²) < 4.78 is 3.09. The van der Waals surface area contributed by atoms with Gasteiger partial charge in [-0.3, -0.25) is 4.79 Å². The lowest BCUT2D eigenvalue weighted by molar-refractivity contribution is -0.117. The van der Waals surface area contributed by atoms with Crippen LogP contribution in [0.15, 0.2) is 34.2 Å². The number of benzene rings is 1. The van der Waals surface area contributed by atoms with E-state index in [0.717, 1.165) is 16.4 Å². The molecule has 0 atom stereocenters. The van der Waals surface area contributed by atoms with Gasteiger partial charge >= 0.3 is 0 Å². The third-order valence-corrected chi connectivity index (χ3v) is 2.91. The van der Waals surface area contributed by atoms with E-state index >= 15 is 0 Å². The number of hydrogen-bond donors (Lipinski definition) is 2. The Morgan fingerprint density at radius 1 is 1.47 bits per heavy atom. The molecule has 0 aliphatic carbocycles. The number of amidine groups is 1. The van der Waals surface area contributed by atoms with Crippen molar-refractivity contribution < 1.29 is 4.79 Å². The molecule has 4 nitrogen and oxygen atoms in total. The largest absolute Gasteiger partial charge is 0.370 e. The monoisotopic (exact) mass is 221 g/mol. The molecule has 1 aromatic rings. The van der Waals surface area contributed by atoms with Crippen LogP contribution < -0.4 is 10.5 Å². The van der Waals surface area contributed by atoms with Crippen molar-refractivity contribution in [2.45, 2.75) is 17.7 Å². The minimum atomic E-state index is -0.302. The number of nitrogens with zero attached hydrogens (tertiary/aromatic N) is 1. The first-order valence-electron chi connectivity index (χ1n) is 4.63. The molecule has 1 aliphatic heterocycles. The zero-order valence-corrected chi connectivity index (χ0v) is 8.88. The van der Waals surface area contributed by atoms with E-state index in [4.69, 9.17) is 5.73 Å². The van der Waals surface area contributed by atoms with E-state index in [0.29, 0.717) is 12.8 Å². The molecular weight excluding hydrogens is 210 g/mol. The van der Waals surface area contributed by atoms with Crippen molar-refractivity contribution in [3.05, 3.63) is 24.3 Å². The van der Waals surface area contributed by atoms with E-state index in [-0.39, 0.29) is 5.91 Å². The molecule has 0 spiro atoms. The second kappa shape index (κ2) is 4.35. The van der Waals surface area contributed by atoms with Crippen LogP contribution in [0.2, 0.25) is 0 Å². The van der Waals surface area contributed by atoms with Crippen molar-refractivity contribution in [1.29, 1.82) is 0 Å². The van der Waals surface area contributed by atoms with Crippen LogP contribution in [0.3, 0.4) is 0 Å². The lowest BCUT2D eigenvalue weighted by Gasteiger charge is -2.15. The van der Waals surface area contributed by atoms with Crippen LogP contribution in [-0.2, 0) is 4.79 Å². The third-order valence-electron chi connectivity index (χ3n) is 2.01. The van der Waals surface area contributed by atoms with Crippen molar-refractivity contribution in [2.24, 2.45) is 10.7 Å². The number of amides is 1. The highest BCUT2D eigenvalue weighted by molar-refractivity contribution is 7.98. The number of nitrogens with two attached hydrogens (primary N) is 1. The Balaban J connectivity index is 2.11. The summed E-state index contributed by atoms with van der Waals surface area (Å²) >= 11 is 1.52. The van der Waals surface area contributed by atoms with Crippen molar-refractivity contribution in [3.63, 3.8) is 0 Å². The van der Waals surface area contributed by atoms with Crippen LogP contribution in [-0.4, -0.2) is 11.7 Å². The second-order valence-electron chi connectivity index (χ2n) is 3.20. The predicted molar refractivity (Wildman–Crippen MR) is 61.0 cm³/mol. The van der Waals surface area contributed by atoms with E-state index in [1.54, 1.807) is 0 Å². The highest BCUT2D eigenvalue weighted by Gasteiger charge is 2.11. The van der Waals surface area contributed by atoms with Gasteiger partial charge in [0.05, 0.1) is 10.6 Å². The Morgan fingerprint density at radius 2 is 2.27 bits per heavy atom. The second-order valence-corrected chi connectivity index (χ2v) is 4.04. The molecule has 0 unspecified atom stereocenters. The molecule has 0 aromatic heterocycles. The van der Waals surface area contributed by atoms with E-state index in [2.05, 4.69) is 9.71 Å². The minimum Gasteiger partial charge on any atom is -0.370 e. The zero-order valence-electron chi connectivity index (χ0n) is 8.06. The maximum atomic E-state index is 10.6. The van der Waals surface area contributed by atoms with Gasteiger partial charge in [0.1, 0.15) is 5.84 Å². The lowest BCUT2D eigenvalue weighted by atomic mass is 10.2. The standard InChI is InChI=1S/C10H11N3OS/c11-9(14)5-6-10-12-7-3-1-2-4-8(7)15-13-10/h1-4H,5-6H2,(H2,11,14)(H,12,13). The zero-order chi connectivity index (χ0) is 10.7. The van der Waals surface area contributed by atoms with Crippen LogP contribution in [0, 0.1) is 0 Å². The van der Waals surface area contributed by atoms with Crippen LogP contribution in [0.1, 0.15) is 12.8 Å². The average Bonchev–Trinajstić information content (AvgIpc) is 2.26. The number of nitrogens with one attached hydrogen (secondary N) is 1. The van der Waals surface area contributed by atoms with E-state index in [1.165, 1.54) is 11.9 Å². The van der Waals surface area contributed by atoms with Gasteiger partial charge in [-0.1, -0.05) is 12.1 Å². The summed E-state index contributed by atoms with van der Waals surface area (Å²) in [6.07, 6.45) is 0.894. The molecular formula is C10H11N3OS. The van der Waals surface area contributed by atoms with Gasteiger partial charge in [0.15, 0.2) is 0 Å². The molecule has 3 N–H and O–H groups in total. The number of para-hydroxylation sites is 1. The summed E-state index contributed by atoms with van der Waals surface area (Å²) in [5, 5.41) is 0. The van der Waals surface area contributed by atoms with E-state index in [9.17, 15) is 4.79 Å². The smallest absolute Gasteiger partial charge is 0.217 e. The van der Waals surface area contributed by atoms with E-state index in [1.807, 2.05) is 24.3 Å². The highest BCUT2D eigenvalue weighted by Crippen LogP contribution is 2.31. The summed E-state index contributed by atoms with van der Waals surface area (Å²) in [7, 11) is 0. The lowest BCUT2D eigenvalue weighted by Crippen LogP contribution is -2.21. The topological polar surface area (TPSA) is 67.5 Å². The summed E-state index contributed by atoms with van der Waals surface area (Å²) in [6.45, 7) is 0. The van der Waals surface area contributed by atoms with Crippen LogP contribution in [0.25, 0.3) is 0 Å². The molecule has 2 rings (SSSR count). The number of carbonyl (C=O) groups is 1. The molecule has 5 heteroatoms. The van der Waals surface area contributed by atoms with Crippen molar-refractivity contribution in [3.8, 4) is 0 Å². The van der Waals surface area contributed by atoms with Crippen molar-refractivity contribution in [2.75, 3.05) is 0 Å². The van der Waals surface area contributed by atoms with Gasteiger partial charge in [0.2, 0.25) is 5.91 Å². The predicted octanol–water partition coefficient (Wildman–Crippen LogP) is 1.59. The number of primary amides is 1. The van der Waals surface area contributed by atoms with Gasteiger partial charge in [-0.15, -0.1) is 0 Å². The Bertz CT molecular complexity index is 417. The Labute approximate surface area is 92.1 Å². The molecule has 0 bridgehead atoms. The first kappa shape index (κ1) is 10.0. The minimum absolute atomic E-state index is 0.302. The van der Waals surface area contributed by atoms with Crippen LogP contribution in [0.4, 0.5) is 5.69 Å². The van der Waals surface area contributed by atoms with Gasteiger partial charge in [-0.25, -0.2) is 4.99 Å².